The summed E-state index contributed by atoms with van der Waals surface area (Å²) in [6.07, 6.45) is 1.11. The van der Waals surface area contributed by atoms with Crippen LogP contribution in [0.1, 0.15) is 34.1 Å². The standard InChI is InChI=1S/C16H17N.C2H6/c1-11(2)14-7-8-17-16-10-13-6-4-3-5-12(13)9-15(14)16;1-2/h3-6,9-11H,7-8H2,1-2H3;1-2H3. The zero-order valence-corrected chi connectivity index (χ0v) is 12.4. The van der Waals surface area contributed by atoms with Gasteiger partial charge < -0.3 is 0 Å². The van der Waals surface area contributed by atoms with Gasteiger partial charge in [0.1, 0.15) is 0 Å². The average Bonchev–Trinajstić information content (AvgIpc) is 2.46. The van der Waals surface area contributed by atoms with Gasteiger partial charge in [-0.3, -0.25) is 4.99 Å². The normalized spacial score (nSPS) is 13.6. The van der Waals surface area contributed by atoms with E-state index in [4.69, 9.17) is 0 Å². The molecular formula is C18H23N. The van der Waals surface area contributed by atoms with E-state index in [1.807, 2.05) is 13.8 Å². The molecule has 0 aliphatic carbocycles. The molecular weight excluding hydrogens is 230 g/mol. The van der Waals surface area contributed by atoms with Gasteiger partial charge in [-0.05, 0) is 40.5 Å². The van der Waals surface area contributed by atoms with Crippen LogP contribution in [-0.2, 0) is 0 Å². The van der Waals surface area contributed by atoms with Crippen molar-refractivity contribution in [2.75, 3.05) is 6.54 Å². The highest BCUT2D eigenvalue weighted by Crippen LogP contribution is 2.16. The second kappa shape index (κ2) is 6.01. The fraction of sp³-hybridized carbons (Fsp3) is 0.389. The number of hydrogen-bond donors (Lipinski definition) is 0. The highest BCUT2D eigenvalue weighted by Gasteiger charge is 2.09. The van der Waals surface area contributed by atoms with Crippen molar-refractivity contribution >= 4 is 16.3 Å². The molecule has 2 aromatic rings. The van der Waals surface area contributed by atoms with Crippen LogP contribution >= 0.6 is 0 Å². The van der Waals surface area contributed by atoms with Gasteiger partial charge in [0.2, 0.25) is 0 Å². The number of benzene rings is 2. The first-order valence-corrected chi connectivity index (χ1v) is 7.32. The van der Waals surface area contributed by atoms with Crippen molar-refractivity contribution < 1.29 is 0 Å². The van der Waals surface area contributed by atoms with E-state index in [0.717, 1.165) is 13.0 Å². The van der Waals surface area contributed by atoms with Crippen molar-refractivity contribution in [3.8, 4) is 0 Å². The minimum absolute atomic E-state index is 0.616. The third kappa shape index (κ3) is 2.70. The Morgan fingerprint density at radius 1 is 1.00 bits per heavy atom. The fourth-order valence-corrected chi connectivity index (χ4v) is 2.65. The maximum absolute atomic E-state index is 4.65. The summed E-state index contributed by atoms with van der Waals surface area (Å²) in [6, 6.07) is 13.1. The first-order chi connectivity index (χ1) is 9.25. The minimum Gasteiger partial charge on any atom is -0.284 e. The molecule has 3 rings (SSSR count). The van der Waals surface area contributed by atoms with E-state index in [0.29, 0.717) is 5.92 Å². The number of fused-ring (bicyclic) bond motifs is 2. The summed E-state index contributed by atoms with van der Waals surface area (Å²) in [5, 5.41) is 5.16. The van der Waals surface area contributed by atoms with E-state index in [9.17, 15) is 0 Å². The molecule has 100 valence electrons. The molecule has 0 saturated carbocycles. The Bertz CT molecular complexity index is 680. The smallest absolute Gasteiger partial charge is 0.0652 e. The van der Waals surface area contributed by atoms with Gasteiger partial charge in [-0.25, -0.2) is 0 Å². The van der Waals surface area contributed by atoms with Crippen molar-refractivity contribution in [2.45, 2.75) is 34.1 Å². The lowest BCUT2D eigenvalue weighted by atomic mass is 9.94. The van der Waals surface area contributed by atoms with Crippen molar-refractivity contribution in [1.29, 1.82) is 0 Å². The van der Waals surface area contributed by atoms with E-state index in [1.54, 1.807) is 5.57 Å². The van der Waals surface area contributed by atoms with Gasteiger partial charge in [-0.1, -0.05) is 57.5 Å². The van der Waals surface area contributed by atoms with Gasteiger partial charge in [0.25, 0.3) is 0 Å². The Labute approximate surface area is 115 Å². The van der Waals surface area contributed by atoms with Crippen molar-refractivity contribution in [1.82, 2.24) is 0 Å². The predicted molar refractivity (Wildman–Crippen MR) is 83.8 cm³/mol. The Hall–Kier alpha value is -1.63. The van der Waals surface area contributed by atoms with Crippen LogP contribution in [0.3, 0.4) is 0 Å². The zero-order valence-electron chi connectivity index (χ0n) is 12.4. The van der Waals surface area contributed by atoms with Gasteiger partial charge >= 0.3 is 0 Å². The molecule has 1 heteroatoms. The lowest BCUT2D eigenvalue weighted by Crippen LogP contribution is -2.32. The third-order valence-corrected chi connectivity index (χ3v) is 3.57. The van der Waals surface area contributed by atoms with E-state index >= 15 is 0 Å². The minimum atomic E-state index is 0.616. The molecule has 1 aliphatic heterocycles. The first kappa shape index (κ1) is 13.8. The summed E-state index contributed by atoms with van der Waals surface area (Å²) in [6.45, 7) is 9.50. The maximum atomic E-state index is 4.65. The topological polar surface area (TPSA) is 12.4 Å². The van der Waals surface area contributed by atoms with Crippen molar-refractivity contribution in [2.24, 2.45) is 10.9 Å². The van der Waals surface area contributed by atoms with Gasteiger partial charge in [0.05, 0.1) is 5.36 Å². The summed E-state index contributed by atoms with van der Waals surface area (Å²) in [5.41, 5.74) is 1.56. The molecule has 1 heterocycles. The van der Waals surface area contributed by atoms with E-state index < -0.39 is 0 Å². The van der Waals surface area contributed by atoms with Crippen LogP contribution in [0, 0.1) is 5.92 Å². The van der Waals surface area contributed by atoms with Crippen LogP contribution in [-0.4, -0.2) is 6.54 Å². The summed E-state index contributed by atoms with van der Waals surface area (Å²) >= 11 is 0. The number of hydrogen-bond acceptors (Lipinski definition) is 1. The number of rotatable bonds is 1. The molecule has 0 atom stereocenters. The number of nitrogens with zero attached hydrogens (tertiary/aromatic N) is 1. The molecule has 0 bridgehead atoms. The lowest BCUT2D eigenvalue weighted by Gasteiger charge is -2.14. The zero-order chi connectivity index (χ0) is 13.8. The van der Waals surface area contributed by atoms with Gasteiger partial charge in [0.15, 0.2) is 0 Å². The highest BCUT2D eigenvalue weighted by molar-refractivity contribution is 5.82. The fourth-order valence-electron chi connectivity index (χ4n) is 2.65. The van der Waals surface area contributed by atoms with Crippen molar-refractivity contribution in [3.63, 3.8) is 0 Å². The summed E-state index contributed by atoms with van der Waals surface area (Å²) in [4.78, 5) is 4.65. The molecule has 19 heavy (non-hydrogen) atoms. The van der Waals surface area contributed by atoms with Crippen LogP contribution in [0.4, 0.5) is 0 Å². The summed E-state index contributed by atoms with van der Waals surface area (Å²) in [7, 11) is 0. The third-order valence-electron chi connectivity index (χ3n) is 3.57. The molecule has 0 aromatic heterocycles. The van der Waals surface area contributed by atoms with Crippen molar-refractivity contribution in [3.05, 3.63) is 47.0 Å². The largest absolute Gasteiger partial charge is 0.284 e. The molecule has 2 aromatic carbocycles. The average molecular weight is 253 g/mol. The summed E-state index contributed by atoms with van der Waals surface area (Å²) in [5.74, 6) is 0.616. The quantitative estimate of drug-likeness (QED) is 0.735. The monoisotopic (exact) mass is 253 g/mol. The van der Waals surface area contributed by atoms with E-state index in [1.165, 1.54) is 21.3 Å². The second-order valence-corrected chi connectivity index (χ2v) is 5.03. The van der Waals surface area contributed by atoms with Crippen LogP contribution in [0.5, 0.6) is 0 Å². The second-order valence-electron chi connectivity index (χ2n) is 5.03. The van der Waals surface area contributed by atoms with Crippen LogP contribution in [0.25, 0.3) is 16.3 Å². The molecule has 1 aliphatic rings. The Morgan fingerprint density at radius 3 is 2.26 bits per heavy atom. The Kier molecular flexibility index (Phi) is 4.36. The van der Waals surface area contributed by atoms with Crippen LogP contribution in [0.15, 0.2) is 41.4 Å². The maximum Gasteiger partial charge on any atom is 0.0652 e. The Morgan fingerprint density at radius 2 is 1.63 bits per heavy atom. The molecule has 0 amide bonds. The van der Waals surface area contributed by atoms with E-state index in [-0.39, 0.29) is 0 Å². The molecule has 0 saturated heterocycles. The van der Waals surface area contributed by atoms with E-state index in [2.05, 4.69) is 55.2 Å². The van der Waals surface area contributed by atoms with Gasteiger partial charge in [-0.15, -0.1) is 0 Å². The van der Waals surface area contributed by atoms with Crippen LogP contribution < -0.4 is 10.6 Å². The molecule has 0 fully saturated rings. The highest BCUT2D eigenvalue weighted by atomic mass is 14.7. The Balaban J connectivity index is 0.000000637. The molecule has 1 nitrogen and oxygen atoms in total. The molecule has 0 unspecified atom stereocenters. The lowest BCUT2D eigenvalue weighted by molar-refractivity contribution is 0.776. The molecule has 0 spiro atoms. The molecule has 0 radical (unpaired) electrons. The first-order valence-electron chi connectivity index (χ1n) is 7.32. The molecule has 0 N–H and O–H groups in total. The van der Waals surface area contributed by atoms with Gasteiger partial charge in [-0.2, -0.15) is 0 Å². The SMILES string of the molecule is CC.CC(C)C1=c2cc3ccccc3cc2=NCC1. The summed E-state index contributed by atoms with van der Waals surface area (Å²) < 4.78 is 0. The van der Waals surface area contributed by atoms with Crippen LogP contribution in [0.2, 0.25) is 0 Å². The predicted octanol–water partition coefficient (Wildman–Crippen LogP) is 3.70. The van der Waals surface area contributed by atoms with Gasteiger partial charge in [0, 0.05) is 6.54 Å².